The van der Waals surface area contributed by atoms with Crippen LogP contribution in [0.25, 0.3) is 0 Å². The third-order valence-electron chi connectivity index (χ3n) is 1.64. The Morgan fingerprint density at radius 3 is 2.41 bits per heavy atom. The molecule has 0 aromatic heterocycles. The highest BCUT2D eigenvalue weighted by molar-refractivity contribution is 7.93. The molecule has 0 heterocycles. The third kappa shape index (κ3) is 3.53. The fraction of sp³-hybridized carbons (Fsp3) is 0.125. The number of rotatable bonds is 4. The van der Waals surface area contributed by atoms with Gasteiger partial charge in [-0.05, 0) is 18.2 Å². The van der Waals surface area contributed by atoms with E-state index >= 15 is 0 Å². The van der Waals surface area contributed by atoms with Gasteiger partial charge in [0, 0.05) is 5.02 Å². The lowest BCUT2D eigenvalue weighted by atomic mass is 10.2. The number of halogens is 3. The number of hydrogen-bond donors (Lipinski definition) is 2. The molecule has 1 aromatic carbocycles. The van der Waals surface area contributed by atoms with Crippen molar-refractivity contribution in [3.8, 4) is 0 Å². The molecule has 17 heavy (non-hydrogen) atoms. The number of carboxylic acids is 1. The maximum atomic E-state index is 12.1. The highest BCUT2D eigenvalue weighted by atomic mass is 35.5. The molecular formula is C8H6ClF2NO4S. The van der Waals surface area contributed by atoms with E-state index in [0.29, 0.717) is 0 Å². The van der Waals surface area contributed by atoms with Crippen molar-refractivity contribution in [2.75, 3.05) is 4.72 Å². The maximum absolute atomic E-state index is 12.1. The molecule has 0 saturated heterocycles. The minimum absolute atomic E-state index is 0.0862. The van der Waals surface area contributed by atoms with Crippen molar-refractivity contribution in [3.63, 3.8) is 0 Å². The zero-order valence-corrected chi connectivity index (χ0v) is 9.60. The van der Waals surface area contributed by atoms with Crippen LogP contribution in [0, 0.1) is 0 Å². The Morgan fingerprint density at radius 2 is 1.94 bits per heavy atom. The molecule has 2 N–H and O–H groups in total. The number of nitrogens with one attached hydrogen (secondary N) is 1. The van der Waals surface area contributed by atoms with Crippen molar-refractivity contribution in [2.24, 2.45) is 0 Å². The molecule has 0 saturated carbocycles. The van der Waals surface area contributed by atoms with E-state index in [1.165, 1.54) is 4.72 Å². The summed E-state index contributed by atoms with van der Waals surface area (Å²) >= 11 is 5.52. The van der Waals surface area contributed by atoms with E-state index in [4.69, 9.17) is 16.7 Å². The van der Waals surface area contributed by atoms with Crippen LogP contribution in [0.1, 0.15) is 10.4 Å². The highest BCUT2D eigenvalue weighted by Gasteiger charge is 2.24. The largest absolute Gasteiger partial charge is 0.478 e. The molecule has 1 rings (SSSR count). The topological polar surface area (TPSA) is 83.5 Å². The number of hydrogen-bond acceptors (Lipinski definition) is 3. The van der Waals surface area contributed by atoms with Crippen LogP contribution in [0.15, 0.2) is 18.2 Å². The lowest BCUT2D eigenvalue weighted by Crippen LogP contribution is -2.20. The zero-order chi connectivity index (χ0) is 13.2. The van der Waals surface area contributed by atoms with E-state index < -0.39 is 21.8 Å². The number of alkyl halides is 2. The van der Waals surface area contributed by atoms with E-state index in [1.807, 2.05) is 0 Å². The molecule has 0 spiro atoms. The van der Waals surface area contributed by atoms with Crippen LogP contribution in [0.5, 0.6) is 0 Å². The van der Waals surface area contributed by atoms with E-state index in [9.17, 15) is 22.0 Å². The van der Waals surface area contributed by atoms with E-state index in [1.54, 1.807) is 0 Å². The molecule has 0 fully saturated rings. The number of anilines is 1. The molecule has 0 aliphatic rings. The summed E-state index contributed by atoms with van der Waals surface area (Å²) in [5.41, 5.74) is -0.653. The Morgan fingerprint density at radius 1 is 1.35 bits per heavy atom. The maximum Gasteiger partial charge on any atom is 0.355 e. The van der Waals surface area contributed by atoms with Crippen LogP contribution < -0.4 is 4.72 Å². The first-order valence-electron chi connectivity index (χ1n) is 4.06. The van der Waals surface area contributed by atoms with Crippen LogP contribution in [-0.2, 0) is 10.0 Å². The van der Waals surface area contributed by atoms with Gasteiger partial charge in [0.2, 0.25) is 0 Å². The van der Waals surface area contributed by atoms with Gasteiger partial charge >= 0.3 is 11.7 Å². The summed E-state index contributed by atoms with van der Waals surface area (Å²) in [6, 6.07) is 2.96. The monoisotopic (exact) mass is 285 g/mol. The van der Waals surface area contributed by atoms with Gasteiger partial charge in [0.25, 0.3) is 10.0 Å². The molecule has 94 valence electrons. The molecular weight excluding hydrogens is 280 g/mol. The highest BCUT2D eigenvalue weighted by Crippen LogP contribution is 2.21. The normalized spacial score (nSPS) is 11.5. The van der Waals surface area contributed by atoms with Gasteiger partial charge < -0.3 is 5.11 Å². The summed E-state index contributed by atoms with van der Waals surface area (Å²) in [5.74, 6) is -4.97. The van der Waals surface area contributed by atoms with Crippen molar-refractivity contribution < 1.29 is 27.1 Å². The predicted molar refractivity (Wildman–Crippen MR) is 57.0 cm³/mol. The Labute approximate surface area is 100 Å². The summed E-state index contributed by atoms with van der Waals surface area (Å²) in [6.45, 7) is 0. The fourth-order valence-corrected chi connectivity index (χ4v) is 1.75. The standard InChI is InChI=1S/C8H6ClF2NO4S/c9-5-1-4(7(13)14)2-6(3-5)12-17(15,16)8(10)11/h1-3,8,12H,(H,13,14). The van der Waals surface area contributed by atoms with E-state index in [0.717, 1.165) is 18.2 Å². The number of benzene rings is 1. The van der Waals surface area contributed by atoms with Gasteiger partial charge in [-0.3, -0.25) is 4.72 Å². The van der Waals surface area contributed by atoms with Gasteiger partial charge in [-0.2, -0.15) is 8.78 Å². The van der Waals surface area contributed by atoms with Crippen LogP contribution in [0.2, 0.25) is 5.02 Å². The molecule has 0 bridgehead atoms. The summed E-state index contributed by atoms with van der Waals surface area (Å²) in [6.07, 6.45) is 0. The van der Waals surface area contributed by atoms with Crippen LogP contribution >= 0.6 is 11.6 Å². The summed E-state index contributed by atoms with van der Waals surface area (Å²) in [5, 5.41) is 8.57. The lowest BCUT2D eigenvalue weighted by molar-refractivity contribution is 0.0697. The van der Waals surface area contributed by atoms with Crippen molar-refractivity contribution in [1.82, 2.24) is 0 Å². The molecule has 0 aliphatic heterocycles. The second-order valence-corrected chi connectivity index (χ2v) is 5.03. The number of aromatic carboxylic acids is 1. The zero-order valence-electron chi connectivity index (χ0n) is 8.02. The first kappa shape index (κ1) is 13.7. The molecule has 1 aromatic rings. The average molecular weight is 286 g/mol. The smallest absolute Gasteiger partial charge is 0.355 e. The lowest BCUT2D eigenvalue weighted by Gasteiger charge is -2.08. The third-order valence-corrected chi connectivity index (χ3v) is 2.85. The Bertz CT molecular complexity index is 546. The molecule has 5 nitrogen and oxygen atoms in total. The predicted octanol–water partition coefficient (Wildman–Crippen LogP) is 2.00. The van der Waals surface area contributed by atoms with Gasteiger partial charge in [-0.25, -0.2) is 13.2 Å². The molecule has 0 unspecified atom stereocenters. The first-order valence-corrected chi connectivity index (χ1v) is 5.98. The molecule has 0 atom stereocenters. The van der Waals surface area contributed by atoms with Gasteiger partial charge in [0.15, 0.2) is 0 Å². The quantitative estimate of drug-likeness (QED) is 0.886. The average Bonchev–Trinajstić information content (AvgIpc) is 2.15. The van der Waals surface area contributed by atoms with Crippen molar-refractivity contribution in [2.45, 2.75) is 5.76 Å². The minimum Gasteiger partial charge on any atom is -0.478 e. The van der Waals surface area contributed by atoms with Gasteiger partial charge in [0.1, 0.15) is 0 Å². The van der Waals surface area contributed by atoms with Gasteiger partial charge in [-0.15, -0.1) is 0 Å². The van der Waals surface area contributed by atoms with Crippen molar-refractivity contribution in [3.05, 3.63) is 28.8 Å². The second-order valence-electron chi connectivity index (χ2n) is 2.94. The second kappa shape index (κ2) is 4.84. The number of carboxylic acid groups (broad SMARTS) is 1. The summed E-state index contributed by atoms with van der Waals surface area (Å²) < 4.78 is 47.3. The fourth-order valence-electron chi connectivity index (χ4n) is 0.981. The number of carbonyl (C=O) groups is 1. The van der Waals surface area contributed by atoms with Gasteiger partial charge in [0.05, 0.1) is 11.3 Å². The Kier molecular flexibility index (Phi) is 3.89. The van der Waals surface area contributed by atoms with Crippen molar-refractivity contribution >= 4 is 33.3 Å². The van der Waals surface area contributed by atoms with Crippen LogP contribution in [-0.4, -0.2) is 25.3 Å². The van der Waals surface area contributed by atoms with E-state index in [-0.39, 0.29) is 16.3 Å². The number of sulfonamides is 1. The summed E-state index contributed by atoms with van der Waals surface area (Å²) in [7, 11) is -4.85. The molecule has 0 aliphatic carbocycles. The van der Waals surface area contributed by atoms with Gasteiger partial charge in [-0.1, -0.05) is 11.6 Å². The minimum atomic E-state index is -4.85. The Balaban J connectivity index is 3.12. The first-order chi connectivity index (χ1) is 7.72. The van der Waals surface area contributed by atoms with E-state index in [2.05, 4.69) is 0 Å². The molecule has 0 radical (unpaired) electrons. The van der Waals surface area contributed by atoms with Crippen LogP contribution in [0.3, 0.4) is 0 Å². The van der Waals surface area contributed by atoms with Crippen molar-refractivity contribution in [1.29, 1.82) is 0 Å². The summed E-state index contributed by atoms with van der Waals surface area (Å²) in [4.78, 5) is 10.6. The molecule has 9 heteroatoms. The molecule has 0 amide bonds. The van der Waals surface area contributed by atoms with Crippen LogP contribution in [0.4, 0.5) is 14.5 Å². The SMILES string of the molecule is O=C(O)c1cc(Cl)cc(NS(=O)(=O)C(F)F)c1. The Hall–Kier alpha value is -1.41.